The Morgan fingerprint density at radius 2 is 1.00 bits per heavy atom. The zero-order chi connectivity index (χ0) is 27.5. The monoisotopic (exact) mass is 540 g/mol. The lowest BCUT2D eigenvalue weighted by Crippen LogP contribution is -2.01. The van der Waals surface area contributed by atoms with E-state index in [0.29, 0.717) is 21.9 Å². The van der Waals surface area contributed by atoms with Crippen LogP contribution in [-0.4, -0.2) is 7.85 Å². The van der Waals surface area contributed by atoms with Crippen LogP contribution in [0.25, 0.3) is 75.5 Å². The van der Waals surface area contributed by atoms with Gasteiger partial charge in [0.05, 0.1) is 10.8 Å². The van der Waals surface area contributed by atoms with Gasteiger partial charge in [-0.15, -0.1) is 11.3 Å². The van der Waals surface area contributed by atoms with Gasteiger partial charge in [0.1, 0.15) is 19.0 Å². The number of hydrogen-bond acceptors (Lipinski definition) is 3. The van der Waals surface area contributed by atoms with E-state index < -0.39 is 0 Å². The van der Waals surface area contributed by atoms with Crippen molar-refractivity contribution < 1.29 is 4.42 Å². The molecule has 2 aromatic heterocycles. The molecular formula is C37H21BO2S. The summed E-state index contributed by atoms with van der Waals surface area (Å²) in [6.45, 7) is 0. The number of fused-ring (bicyclic) bond motifs is 5. The van der Waals surface area contributed by atoms with Gasteiger partial charge in [-0.25, -0.2) is 0 Å². The van der Waals surface area contributed by atoms with E-state index in [0.717, 1.165) is 38.8 Å². The molecule has 8 aromatic rings. The molecule has 0 aliphatic rings. The first-order chi connectivity index (χ1) is 20.1. The molecule has 0 fully saturated rings. The average Bonchev–Trinajstić information content (AvgIpc) is 3.38. The lowest BCUT2D eigenvalue weighted by atomic mass is 9.92. The summed E-state index contributed by atoms with van der Waals surface area (Å²) in [5.74, 6) is 0. The molecule has 6 aromatic carbocycles. The van der Waals surface area contributed by atoms with E-state index in [9.17, 15) is 4.79 Å². The maximum Gasteiger partial charge on any atom is 0.200 e. The number of thiophene rings is 1. The van der Waals surface area contributed by atoms with Crippen molar-refractivity contribution in [2.75, 3.05) is 0 Å². The molecule has 4 heteroatoms. The number of hydrogen-bond donors (Lipinski definition) is 0. The van der Waals surface area contributed by atoms with E-state index in [1.807, 2.05) is 72.0 Å². The van der Waals surface area contributed by atoms with E-state index >= 15 is 0 Å². The van der Waals surface area contributed by atoms with Crippen molar-refractivity contribution >= 4 is 66.8 Å². The van der Waals surface area contributed by atoms with E-state index in [-0.39, 0.29) is 5.43 Å². The molecule has 0 unspecified atom stereocenters. The molecule has 0 atom stereocenters. The van der Waals surface area contributed by atoms with Gasteiger partial charge in [-0.3, -0.25) is 4.79 Å². The summed E-state index contributed by atoms with van der Waals surface area (Å²) in [4.78, 5) is 13.2. The fraction of sp³-hybridized carbons (Fsp3) is 0. The fourth-order valence-corrected chi connectivity index (χ4v) is 6.78. The van der Waals surface area contributed by atoms with E-state index in [1.165, 1.54) is 20.2 Å². The van der Waals surface area contributed by atoms with Gasteiger partial charge in [0.15, 0.2) is 0 Å². The number of para-hydroxylation sites is 1. The van der Waals surface area contributed by atoms with Crippen molar-refractivity contribution in [3.05, 3.63) is 138 Å². The Morgan fingerprint density at radius 3 is 1.68 bits per heavy atom. The predicted octanol–water partition coefficient (Wildman–Crippen LogP) is 9.11. The van der Waals surface area contributed by atoms with Gasteiger partial charge >= 0.3 is 0 Å². The smallest absolute Gasteiger partial charge is 0.200 e. The van der Waals surface area contributed by atoms with Crippen LogP contribution in [0.3, 0.4) is 0 Å². The van der Waals surface area contributed by atoms with Crippen LogP contribution < -0.4 is 10.9 Å². The first kappa shape index (κ1) is 23.9. The fourth-order valence-electron chi connectivity index (χ4n) is 5.72. The van der Waals surface area contributed by atoms with E-state index in [2.05, 4.69) is 66.7 Å². The zero-order valence-electron chi connectivity index (χ0n) is 21.9. The Morgan fingerprint density at radius 1 is 0.463 bits per heavy atom. The van der Waals surface area contributed by atoms with Crippen LogP contribution in [0.15, 0.2) is 137 Å². The first-order valence-corrected chi connectivity index (χ1v) is 14.3. The van der Waals surface area contributed by atoms with Crippen LogP contribution in [0.5, 0.6) is 0 Å². The molecule has 0 saturated carbocycles. The second kappa shape index (κ2) is 9.33. The van der Waals surface area contributed by atoms with Crippen LogP contribution in [-0.2, 0) is 0 Å². The quantitative estimate of drug-likeness (QED) is 0.165. The van der Waals surface area contributed by atoms with Crippen molar-refractivity contribution in [3.63, 3.8) is 0 Å². The lowest BCUT2D eigenvalue weighted by molar-refractivity contribution is 0.660. The molecule has 0 aliphatic carbocycles. The molecule has 0 N–H and O–H groups in total. The minimum Gasteiger partial charge on any atom is -0.456 e. The van der Waals surface area contributed by atoms with E-state index in [1.54, 1.807) is 0 Å². The summed E-state index contributed by atoms with van der Waals surface area (Å²) >= 11 is 1.81. The molecule has 0 saturated heterocycles. The van der Waals surface area contributed by atoms with Crippen molar-refractivity contribution in [1.82, 2.24) is 0 Å². The maximum absolute atomic E-state index is 13.2. The topological polar surface area (TPSA) is 30.2 Å². The third-order valence-electron chi connectivity index (χ3n) is 7.79. The minimum absolute atomic E-state index is 0.00722. The Bertz CT molecular complexity index is 2360. The SMILES string of the molecule is [B]c1cccc(-c2ccc3sc4ccc(-c5cccc(-c6ccc7oc8ccccc8c(=O)c7c6)c5)cc4c3c2)c1. The van der Waals surface area contributed by atoms with Crippen molar-refractivity contribution in [2.45, 2.75) is 0 Å². The van der Waals surface area contributed by atoms with Gasteiger partial charge in [-0.1, -0.05) is 78.3 Å². The molecule has 2 nitrogen and oxygen atoms in total. The molecular weight excluding hydrogens is 519 g/mol. The highest BCUT2D eigenvalue weighted by atomic mass is 32.1. The number of rotatable bonds is 3. The summed E-state index contributed by atoms with van der Waals surface area (Å²) in [5, 5.41) is 3.68. The molecule has 2 heterocycles. The van der Waals surface area contributed by atoms with Gasteiger partial charge < -0.3 is 4.42 Å². The molecule has 8 rings (SSSR count). The van der Waals surface area contributed by atoms with Gasteiger partial charge in [0, 0.05) is 20.2 Å². The minimum atomic E-state index is -0.00722. The molecule has 0 amide bonds. The molecule has 2 radical (unpaired) electrons. The average molecular weight is 540 g/mol. The lowest BCUT2D eigenvalue weighted by Gasteiger charge is -2.08. The molecule has 190 valence electrons. The third kappa shape index (κ3) is 4.07. The van der Waals surface area contributed by atoms with Gasteiger partial charge in [0.2, 0.25) is 5.43 Å². The zero-order valence-corrected chi connectivity index (χ0v) is 22.7. The van der Waals surface area contributed by atoms with Crippen LogP contribution in [0.1, 0.15) is 0 Å². The summed E-state index contributed by atoms with van der Waals surface area (Å²) in [5.41, 5.74) is 8.55. The second-order valence-corrected chi connectivity index (χ2v) is 11.5. The third-order valence-corrected chi connectivity index (χ3v) is 8.95. The summed E-state index contributed by atoms with van der Waals surface area (Å²) < 4.78 is 8.54. The predicted molar refractivity (Wildman–Crippen MR) is 175 cm³/mol. The molecule has 0 bridgehead atoms. The highest BCUT2D eigenvalue weighted by Gasteiger charge is 2.12. The molecule has 0 spiro atoms. The molecule has 0 aliphatic heterocycles. The van der Waals surface area contributed by atoms with Gasteiger partial charge in [-0.05, 0) is 88.0 Å². The normalized spacial score (nSPS) is 11.6. The highest BCUT2D eigenvalue weighted by molar-refractivity contribution is 7.25. The Balaban J connectivity index is 1.23. The maximum atomic E-state index is 13.2. The van der Waals surface area contributed by atoms with Crippen LogP contribution in [0.2, 0.25) is 0 Å². The first-order valence-electron chi connectivity index (χ1n) is 13.5. The highest BCUT2D eigenvalue weighted by Crippen LogP contribution is 2.39. The van der Waals surface area contributed by atoms with Crippen LogP contribution >= 0.6 is 11.3 Å². The Labute approximate surface area is 241 Å². The number of benzene rings is 6. The van der Waals surface area contributed by atoms with Crippen molar-refractivity contribution in [3.8, 4) is 33.4 Å². The summed E-state index contributed by atoms with van der Waals surface area (Å²) in [7, 11) is 6.06. The summed E-state index contributed by atoms with van der Waals surface area (Å²) in [6.07, 6.45) is 0. The molecule has 41 heavy (non-hydrogen) atoms. The second-order valence-electron chi connectivity index (χ2n) is 10.4. The Hall–Kier alpha value is -4.93. The Kier molecular flexibility index (Phi) is 5.44. The van der Waals surface area contributed by atoms with E-state index in [4.69, 9.17) is 12.3 Å². The largest absolute Gasteiger partial charge is 0.456 e. The van der Waals surface area contributed by atoms with Crippen LogP contribution in [0, 0.1) is 0 Å². The van der Waals surface area contributed by atoms with Gasteiger partial charge in [-0.2, -0.15) is 0 Å². The van der Waals surface area contributed by atoms with Crippen molar-refractivity contribution in [1.29, 1.82) is 0 Å². The van der Waals surface area contributed by atoms with Gasteiger partial charge in [0.25, 0.3) is 0 Å². The van der Waals surface area contributed by atoms with Crippen LogP contribution in [0.4, 0.5) is 0 Å². The standard InChI is InChI=1S/C37H21BO2S/c38-28-8-4-7-24(18-28)27-13-16-36-31(20-27)30-19-26(12-15-35(30)41-36)23-6-3-5-22(17-23)25-11-14-34-32(21-25)37(39)29-9-1-2-10-33(29)40-34/h1-21H. The summed E-state index contributed by atoms with van der Waals surface area (Å²) in [6, 6.07) is 43.1. The van der Waals surface area contributed by atoms with Crippen molar-refractivity contribution in [2.24, 2.45) is 0 Å².